The van der Waals surface area contributed by atoms with E-state index in [-0.39, 0.29) is 18.0 Å². The number of carbonyl (C=O) groups is 2. The van der Waals surface area contributed by atoms with Crippen LogP contribution in [0.1, 0.15) is 28.9 Å². The van der Waals surface area contributed by atoms with Crippen molar-refractivity contribution in [2.45, 2.75) is 12.8 Å². The molecule has 0 spiro atoms. The SMILES string of the molecule is COC(=O)CNC(=O)c1ncc(C2=COC=C(C3=CC=CCC3)O2)cc1O. The van der Waals surface area contributed by atoms with Gasteiger partial charge in [0, 0.05) is 11.8 Å². The Bertz CT molecular complexity index is 882. The van der Waals surface area contributed by atoms with Gasteiger partial charge in [-0.25, -0.2) is 4.98 Å². The third-order valence-electron chi connectivity index (χ3n) is 3.89. The molecule has 8 nitrogen and oxygen atoms in total. The highest BCUT2D eigenvalue weighted by Crippen LogP contribution is 2.31. The number of esters is 1. The van der Waals surface area contributed by atoms with Crippen LogP contribution in [0.3, 0.4) is 0 Å². The van der Waals surface area contributed by atoms with Gasteiger partial charge in [-0.1, -0.05) is 18.2 Å². The van der Waals surface area contributed by atoms with Crippen molar-refractivity contribution in [2.75, 3.05) is 13.7 Å². The first kappa shape index (κ1) is 18.2. The average molecular weight is 370 g/mol. The van der Waals surface area contributed by atoms with E-state index in [2.05, 4.69) is 21.1 Å². The summed E-state index contributed by atoms with van der Waals surface area (Å²) in [5.41, 5.74) is 1.23. The predicted molar refractivity (Wildman–Crippen MR) is 94.9 cm³/mol. The molecule has 1 aliphatic carbocycles. The van der Waals surface area contributed by atoms with Gasteiger partial charge < -0.3 is 24.6 Å². The lowest BCUT2D eigenvalue weighted by atomic mass is 10.0. The number of pyridine rings is 1. The quantitative estimate of drug-likeness (QED) is 0.765. The number of hydrogen-bond acceptors (Lipinski definition) is 7. The summed E-state index contributed by atoms with van der Waals surface area (Å²) in [4.78, 5) is 27.0. The molecule has 1 aromatic heterocycles. The maximum atomic E-state index is 12.0. The van der Waals surface area contributed by atoms with Crippen molar-refractivity contribution < 1.29 is 28.9 Å². The topological polar surface area (TPSA) is 107 Å². The van der Waals surface area contributed by atoms with Gasteiger partial charge in [-0.15, -0.1) is 0 Å². The molecule has 27 heavy (non-hydrogen) atoms. The number of hydrogen-bond donors (Lipinski definition) is 2. The Morgan fingerprint density at radius 1 is 1.33 bits per heavy atom. The van der Waals surface area contributed by atoms with Crippen LogP contribution in [0.4, 0.5) is 0 Å². The molecule has 140 valence electrons. The number of aromatic nitrogens is 1. The van der Waals surface area contributed by atoms with Crippen LogP contribution in [0.2, 0.25) is 0 Å². The van der Waals surface area contributed by atoms with E-state index < -0.39 is 11.9 Å². The van der Waals surface area contributed by atoms with Gasteiger partial charge in [-0.05, 0) is 24.5 Å². The van der Waals surface area contributed by atoms with Crippen molar-refractivity contribution in [1.29, 1.82) is 0 Å². The summed E-state index contributed by atoms with van der Waals surface area (Å²) < 4.78 is 15.6. The Morgan fingerprint density at radius 3 is 2.85 bits per heavy atom. The molecule has 8 heteroatoms. The second-order valence-electron chi connectivity index (χ2n) is 5.71. The predicted octanol–water partition coefficient (Wildman–Crippen LogP) is 2.15. The highest BCUT2D eigenvalue weighted by Gasteiger charge is 2.20. The lowest BCUT2D eigenvalue weighted by Gasteiger charge is -2.19. The van der Waals surface area contributed by atoms with E-state index in [1.54, 1.807) is 0 Å². The number of rotatable bonds is 5. The molecule has 1 amide bonds. The minimum absolute atomic E-state index is 0.212. The fourth-order valence-corrected chi connectivity index (χ4v) is 2.47. The van der Waals surface area contributed by atoms with Gasteiger partial charge >= 0.3 is 5.97 Å². The highest BCUT2D eigenvalue weighted by atomic mass is 16.5. The van der Waals surface area contributed by atoms with Crippen LogP contribution < -0.4 is 5.32 Å². The number of ether oxygens (including phenoxy) is 3. The summed E-state index contributed by atoms with van der Waals surface area (Å²) in [5, 5.41) is 12.4. The molecule has 2 N–H and O–H groups in total. The zero-order valence-corrected chi connectivity index (χ0v) is 14.6. The monoisotopic (exact) mass is 370 g/mol. The number of methoxy groups -OCH3 is 1. The van der Waals surface area contributed by atoms with Crippen LogP contribution in [0.25, 0.3) is 5.76 Å². The summed E-state index contributed by atoms with van der Waals surface area (Å²) >= 11 is 0. The third-order valence-corrected chi connectivity index (χ3v) is 3.89. The Hall–Kier alpha value is -3.55. The summed E-state index contributed by atoms with van der Waals surface area (Å²) in [6.45, 7) is -0.321. The maximum Gasteiger partial charge on any atom is 0.325 e. The second kappa shape index (κ2) is 8.22. The van der Waals surface area contributed by atoms with E-state index in [1.807, 2.05) is 12.2 Å². The third kappa shape index (κ3) is 4.35. The smallest absolute Gasteiger partial charge is 0.325 e. The molecule has 0 saturated heterocycles. The van der Waals surface area contributed by atoms with Gasteiger partial charge in [0.1, 0.15) is 24.8 Å². The molecule has 2 aliphatic rings. The van der Waals surface area contributed by atoms with E-state index in [0.29, 0.717) is 17.1 Å². The van der Waals surface area contributed by atoms with Crippen molar-refractivity contribution >= 4 is 17.6 Å². The highest BCUT2D eigenvalue weighted by molar-refractivity contribution is 5.96. The van der Waals surface area contributed by atoms with E-state index >= 15 is 0 Å². The lowest BCUT2D eigenvalue weighted by molar-refractivity contribution is -0.139. The molecule has 1 aromatic rings. The van der Waals surface area contributed by atoms with Gasteiger partial charge in [0.25, 0.3) is 5.91 Å². The number of nitrogens with one attached hydrogen (secondary N) is 1. The normalized spacial score (nSPS) is 15.5. The number of carbonyl (C=O) groups excluding carboxylic acids is 2. The van der Waals surface area contributed by atoms with E-state index in [0.717, 1.165) is 18.4 Å². The van der Waals surface area contributed by atoms with Crippen LogP contribution >= 0.6 is 0 Å². The molecule has 0 unspecified atom stereocenters. The molecule has 0 aromatic carbocycles. The van der Waals surface area contributed by atoms with Gasteiger partial charge in [0.05, 0.1) is 7.11 Å². The Labute approximate surface area is 155 Å². The van der Waals surface area contributed by atoms with E-state index in [1.165, 1.54) is 31.9 Å². The Kier molecular flexibility index (Phi) is 5.55. The zero-order chi connectivity index (χ0) is 19.2. The van der Waals surface area contributed by atoms with Crippen LogP contribution in [0.5, 0.6) is 5.75 Å². The fourth-order valence-electron chi connectivity index (χ4n) is 2.47. The molecular formula is C19H18N2O6. The average Bonchev–Trinajstić information content (AvgIpc) is 2.72. The summed E-state index contributed by atoms with van der Waals surface area (Å²) in [6, 6.07) is 1.34. The van der Waals surface area contributed by atoms with Crippen molar-refractivity contribution in [3.05, 3.63) is 65.6 Å². The molecule has 1 aliphatic heterocycles. The Morgan fingerprint density at radius 2 is 2.15 bits per heavy atom. The molecule has 0 atom stereocenters. The van der Waals surface area contributed by atoms with Crippen LogP contribution in [-0.2, 0) is 19.0 Å². The maximum absolute atomic E-state index is 12.0. The number of aromatic hydroxyl groups is 1. The molecular weight excluding hydrogens is 352 g/mol. The van der Waals surface area contributed by atoms with Crippen molar-refractivity contribution in [3.63, 3.8) is 0 Å². The van der Waals surface area contributed by atoms with Crippen LogP contribution in [-0.4, -0.2) is 35.6 Å². The van der Waals surface area contributed by atoms with Crippen molar-refractivity contribution in [2.24, 2.45) is 0 Å². The molecule has 0 radical (unpaired) electrons. The minimum atomic E-state index is -0.695. The largest absolute Gasteiger partial charge is 0.505 e. The minimum Gasteiger partial charge on any atom is -0.505 e. The Balaban J connectivity index is 1.71. The molecule has 2 heterocycles. The van der Waals surface area contributed by atoms with Crippen LogP contribution in [0, 0.1) is 0 Å². The number of nitrogens with zero attached hydrogens (tertiary/aromatic N) is 1. The zero-order valence-electron chi connectivity index (χ0n) is 14.6. The van der Waals surface area contributed by atoms with Crippen LogP contribution in [0.15, 0.2) is 54.3 Å². The molecule has 0 fully saturated rings. The standard InChI is InChI=1S/C19H18N2O6/c1-25-17(23)9-21-19(24)18-14(22)7-13(8-20-18)16-11-26-10-15(27-16)12-5-3-2-4-6-12/h2-3,5,7-8,10-11,22H,4,6,9H2,1H3,(H,21,24). The van der Waals surface area contributed by atoms with Gasteiger partial charge in [-0.3, -0.25) is 9.59 Å². The first-order valence-corrected chi connectivity index (χ1v) is 8.22. The number of amides is 1. The summed E-state index contributed by atoms with van der Waals surface area (Å²) in [6.07, 6.45) is 12.0. The fraction of sp³-hybridized carbons (Fsp3) is 0.211. The molecule has 0 bridgehead atoms. The van der Waals surface area contributed by atoms with Crippen molar-refractivity contribution in [1.82, 2.24) is 10.3 Å². The first-order valence-electron chi connectivity index (χ1n) is 8.22. The van der Waals surface area contributed by atoms with Gasteiger partial charge in [0.2, 0.25) is 0 Å². The van der Waals surface area contributed by atoms with E-state index in [4.69, 9.17) is 9.47 Å². The van der Waals surface area contributed by atoms with Gasteiger partial charge in [0.15, 0.2) is 17.2 Å². The summed E-state index contributed by atoms with van der Waals surface area (Å²) in [5.74, 6) is -0.721. The van der Waals surface area contributed by atoms with E-state index in [9.17, 15) is 14.7 Å². The van der Waals surface area contributed by atoms with Crippen molar-refractivity contribution in [3.8, 4) is 5.75 Å². The molecule has 3 rings (SSSR count). The summed E-state index contributed by atoms with van der Waals surface area (Å²) in [7, 11) is 1.21. The lowest BCUT2D eigenvalue weighted by Crippen LogP contribution is -2.30. The van der Waals surface area contributed by atoms with Gasteiger partial charge in [-0.2, -0.15) is 0 Å². The second-order valence-corrected chi connectivity index (χ2v) is 5.71. The number of allylic oxidation sites excluding steroid dienone is 4. The first-order chi connectivity index (χ1) is 13.1. The molecule has 0 saturated carbocycles.